The molecule has 0 atom stereocenters. The molecule has 4 rings (SSSR count). The number of benzene rings is 3. The van der Waals surface area contributed by atoms with Crippen LogP contribution in [0.1, 0.15) is 0 Å². The Hall–Kier alpha value is -2.53. The summed E-state index contributed by atoms with van der Waals surface area (Å²) in [6.07, 6.45) is 0. The third kappa shape index (κ3) is 2.11. The van der Waals surface area contributed by atoms with Crippen LogP contribution in [0.15, 0.2) is 69.0 Å². The smallest absolute Gasteiger partial charge is 0.159 e. The number of anilines is 1. The molecular weight excluding hydrogens is 282 g/mol. The zero-order valence-corrected chi connectivity index (χ0v) is 11.8. The predicted octanol–water partition coefficient (Wildman–Crippen LogP) is 4.11. The molecule has 0 spiro atoms. The van der Waals surface area contributed by atoms with Crippen LogP contribution in [-0.2, 0) is 0 Å². The van der Waals surface area contributed by atoms with E-state index in [1.807, 2.05) is 24.3 Å². The molecule has 0 aliphatic carbocycles. The number of nitrogens with two attached hydrogens (primary N) is 1. The molecule has 0 saturated carbocycles. The second-order valence-corrected chi connectivity index (χ2v) is 5.84. The van der Waals surface area contributed by atoms with Gasteiger partial charge in [-0.3, -0.25) is 0 Å². The topological polar surface area (TPSA) is 64.9 Å². The number of hydrogen-bond acceptors (Lipinski definition) is 5. The van der Waals surface area contributed by atoms with Gasteiger partial charge in [0, 0.05) is 9.79 Å². The van der Waals surface area contributed by atoms with Gasteiger partial charge in [-0.25, -0.2) is 4.63 Å². The highest BCUT2D eigenvalue weighted by molar-refractivity contribution is 7.99. The van der Waals surface area contributed by atoms with Gasteiger partial charge >= 0.3 is 0 Å². The van der Waals surface area contributed by atoms with Crippen molar-refractivity contribution in [3.05, 3.63) is 54.6 Å². The van der Waals surface area contributed by atoms with Crippen LogP contribution in [0.4, 0.5) is 5.69 Å². The van der Waals surface area contributed by atoms with Gasteiger partial charge in [-0.2, -0.15) is 0 Å². The van der Waals surface area contributed by atoms with Gasteiger partial charge in [-0.05, 0) is 45.4 Å². The second kappa shape index (κ2) is 4.79. The van der Waals surface area contributed by atoms with Crippen molar-refractivity contribution in [2.24, 2.45) is 0 Å². The quantitative estimate of drug-likeness (QED) is 0.563. The SMILES string of the molecule is Nc1ccc(Sc2ccc3ccccc3c2)c2nonc12. The zero-order chi connectivity index (χ0) is 14.2. The number of fused-ring (bicyclic) bond motifs is 2. The van der Waals surface area contributed by atoms with Crippen molar-refractivity contribution in [3.8, 4) is 0 Å². The highest BCUT2D eigenvalue weighted by atomic mass is 32.2. The van der Waals surface area contributed by atoms with Crippen molar-refractivity contribution in [2.75, 3.05) is 5.73 Å². The maximum atomic E-state index is 5.87. The highest BCUT2D eigenvalue weighted by Crippen LogP contribution is 2.35. The molecule has 1 aromatic heterocycles. The molecule has 21 heavy (non-hydrogen) atoms. The molecule has 4 aromatic rings. The summed E-state index contributed by atoms with van der Waals surface area (Å²) in [5.41, 5.74) is 7.76. The summed E-state index contributed by atoms with van der Waals surface area (Å²) in [7, 11) is 0. The van der Waals surface area contributed by atoms with E-state index in [0.717, 1.165) is 9.79 Å². The summed E-state index contributed by atoms with van der Waals surface area (Å²) in [6, 6.07) is 18.4. The Morgan fingerprint density at radius 1 is 0.857 bits per heavy atom. The molecule has 0 fully saturated rings. The van der Waals surface area contributed by atoms with Crippen LogP contribution in [0.25, 0.3) is 21.8 Å². The Morgan fingerprint density at radius 2 is 1.67 bits per heavy atom. The van der Waals surface area contributed by atoms with Crippen LogP contribution in [0.5, 0.6) is 0 Å². The number of rotatable bonds is 2. The average Bonchev–Trinajstić information content (AvgIpc) is 3.01. The Bertz CT molecular complexity index is 948. The van der Waals surface area contributed by atoms with Crippen LogP contribution in [0.2, 0.25) is 0 Å². The molecule has 2 N–H and O–H groups in total. The van der Waals surface area contributed by atoms with Crippen LogP contribution < -0.4 is 5.73 Å². The molecule has 0 aliphatic rings. The zero-order valence-electron chi connectivity index (χ0n) is 11.0. The molecule has 5 heteroatoms. The molecule has 0 bridgehead atoms. The van der Waals surface area contributed by atoms with Crippen LogP contribution in [0.3, 0.4) is 0 Å². The van der Waals surface area contributed by atoms with Crippen molar-refractivity contribution >= 4 is 39.3 Å². The normalized spacial score (nSPS) is 11.2. The first-order chi connectivity index (χ1) is 10.3. The predicted molar refractivity (Wildman–Crippen MR) is 84.3 cm³/mol. The van der Waals surface area contributed by atoms with Gasteiger partial charge in [-0.15, -0.1) is 0 Å². The number of nitrogen functional groups attached to an aromatic ring is 1. The minimum absolute atomic E-state index is 0.578. The van der Waals surface area contributed by atoms with Crippen molar-refractivity contribution in [1.29, 1.82) is 0 Å². The Morgan fingerprint density at radius 3 is 2.57 bits per heavy atom. The molecule has 0 radical (unpaired) electrons. The van der Waals surface area contributed by atoms with Gasteiger partial charge in [0.25, 0.3) is 0 Å². The monoisotopic (exact) mass is 293 g/mol. The van der Waals surface area contributed by atoms with E-state index in [1.165, 1.54) is 10.8 Å². The van der Waals surface area contributed by atoms with E-state index in [-0.39, 0.29) is 0 Å². The van der Waals surface area contributed by atoms with Crippen molar-refractivity contribution in [3.63, 3.8) is 0 Å². The third-order valence-electron chi connectivity index (χ3n) is 3.36. The Labute approximate surface area is 124 Å². The minimum Gasteiger partial charge on any atom is -0.397 e. The van der Waals surface area contributed by atoms with Crippen LogP contribution in [0, 0.1) is 0 Å². The first-order valence-corrected chi connectivity index (χ1v) is 7.30. The van der Waals surface area contributed by atoms with E-state index in [4.69, 9.17) is 10.4 Å². The van der Waals surface area contributed by atoms with E-state index in [2.05, 4.69) is 40.6 Å². The van der Waals surface area contributed by atoms with Crippen molar-refractivity contribution in [2.45, 2.75) is 9.79 Å². The summed E-state index contributed by atoms with van der Waals surface area (Å²) < 4.78 is 4.80. The molecule has 3 aromatic carbocycles. The van der Waals surface area contributed by atoms with Gasteiger partial charge in [0.1, 0.15) is 0 Å². The van der Waals surface area contributed by atoms with Gasteiger partial charge in [0.2, 0.25) is 0 Å². The fourth-order valence-electron chi connectivity index (χ4n) is 2.30. The molecule has 0 saturated heterocycles. The van der Waals surface area contributed by atoms with E-state index in [1.54, 1.807) is 11.8 Å². The lowest BCUT2D eigenvalue weighted by molar-refractivity contribution is 0.315. The van der Waals surface area contributed by atoms with Gasteiger partial charge in [-0.1, -0.05) is 42.1 Å². The van der Waals surface area contributed by atoms with Gasteiger partial charge in [0.05, 0.1) is 5.69 Å². The summed E-state index contributed by atoms with van der Waals surface area (Å²) in [5.74, 6) is 0. The maximum Gasteiger partial charge on any atom is 0.159 e. The third-order valence-corrected chi connectivity index (χ3v) is 4.40. The average molecular weight is 293 g/mol. The van der Waals surface area contributed by atoms with Gasteiger partial charge < -0.3 is 5.73 Å². The fraction of sp³-hybridized carbons (Fsp3) is 0. The fourth-order valence-corrected chi connectivity index (χ4v) is 3.25. The van der Waals surface area contributed by atoms with E-state index >= 15 is 0 Å². The van der Waals surface area contributed by atoms with Crippen molar-refractivity contribution in [1.82, 2.24) is 10.3 Å². The molecule has 4 nitrogen and oxygen atoms in total. The molecular formula is C16H11N3OS. The molecule has 0 amide bonds. The second-order valence-electron chi connectivity index (χ2n) is 4.73. The van der Waals surface area contributed by atoms with E-state index in [0.29, 0.717) is 16.7 Å². The van der Waals surface area contributed by atoms with E-state index in [9.17, 15) is 0 Å². The molecule has 1 heterocycles. The lowest BCUT2D eigenvalue weighted by Gasteiger charge is -2.04. The molecule has 0 unspecified atom stereocenters. The van der Waals surface area contributed by atoms with E-state index < -0.39 is 0 Å². The molecule has 0 aliphatic heterocycles. The molecule has 102 valence electrons. The van der Waals surface area contributed by atoms with Crippen LogP contribution in [-0.4, -0.2) is 10.3 Å². The first-order valence-electron chi connectivity index (χ1n) is 6.49. The largest absolute Gasteiger partial charge is 0.397 e. The first kappa shape index (κ1) is 12.2. The number of hydrogen-bond donors (Lipinski definition) is 1. The highest BCUT2D eigenvalue weighted by Gasteiger charge is 2.11. The maximum absolute atomic E-state index is 5.87. The lowest BCUT2D eigenvalue weighted by atomic mass is 10.1. The number of aromatic nitrogens is 2. The Balaban J connectivity index is 1.79. The minimum atomic E-state index is 0.578. The van der Waals surface area contributed by atoms with Crippen molar-refractivity contribution < 1.29 is 4.63 Å². The summed E-state index contributed by atoms with van der Waals surface area (Å²) >= 11 is 1.63. The Kier molecular flexibility index (Phi) is 2.79. The lowest BCUT2D eigenvalue weighted by Crippen LogP contribution is -1.87. The van der Waals surface area contributed by atoms with Gasteiger partial charge in [0.15, 0.2) is 11.0 Å². The summed E-state index contributed by atoms with van der Waals surface area (Å²) in [6.45, 7) is 0. The van der Waals surface area contributed by atoms with Crippen LogP contribution >= 0.6 is 11.8 Å². The number of nitrogens with zero attached hydrogens (tertiary/aromatic N) is 2. The summed E-state index contributed by atoms with van der Waals surface area (Å²) in [4.78, 5) is 2.12. The summed E-state index contributed by atoms with van der Waals surface area (Å²) in [5, 5.41) is 10.2. The standard InChI is InChI=1S/C16H11N3OS/c17-13-7-8-14(16-15(13)18-20-19-16)21-12-6-5-10-3-1-2-4-11(10)9-12/h1-9H,17H2.